The lowest BCUT2D eigenvalue weighted by Gasteiger charge is -2.08. The van der Waals surface area contributed by atoms with Gasteiger partial charge < -0.3 is 15.2 Å². The molecule has 0 atom stereocenters. The molecule has 23 heavy (non-hydrogen) atoms. The van der Waals surface area contributed by atoms with Crippen LogP contribution in [0.15, 0.2) is 53.4 Å². The number of amides is 2. The van der Waals surface area contributed by atoms with Gasteiger partial charge in [-0.15, -0.1) is 0 Å². The first-order valence-electron chi connectivity index (χ1n) is 6.50. The van der Waals surface area contributed by atoms with Crippen molar-refractivity contribution in [3.8, 4) is 5.75 Å². The lowest BCUT2D eigenvalue weighted by atomic mass is 10.2. The summed E-state index contributed by atoms with van der Waals surface area (Å²) in [7, 11) is -4.07. The number of carbonyl (C=O) groups excluding carboxylic acids is 2. The molecule has 0 saturated heterocycles. The molecule has 0 aliphatic heterocycles. The molecule has 0 aliphatic rings. The predicted molar refractivity (Wildman–Crippen MR) is 83.5 cm³/mol. The summed E-state index contributed by atoms with van der Waals surface area (Å²) in [6.07, 6.45) is 0. The van der Waals surface area contributed by atoms with Crippen LogP contribution in [0.3, 0.4) is 0 Å². The standard InChI is InChI=1S/C15H14N2O5S/c1-10(18)17-12-5-7-14(8-6-12)23(20,21)22-13-4-2-3-11(9-13)15(16)19/h2-9H,1H3,(H2,16,19)(H,17,18). The molecule has 0 aliphatic carbocycles. The summed E-state index contributed by atoms with van der Waals surface area (Å²) in [5.74, 6) is -0.972. The van der Waals surface area contributed by atoms with Gasteiger partial charge in [-0.05, 0) is 42.5 Å². The first-order valence-corrected chi connectivity index (χ1v) is 7.91. The van der Waals surface area contributed by atoms with Crippen molar-refractivity contribution in [2.75, 3.05) is 5.32 Å². The molecule has 0 aromatic heterocycles. The summed E-state index contributed by atoms with van der Waals surface area (Å²) in [4.78, 5) is 21.9. The van der Waals surface area contributed by atoms with Gasteiger partial charge in [-0.2, -0.15) is 8.42 Å². The van der Waals surface area contributed by atoms with Crippen molar-refractivity contribution in [3.05, 3.63) is 54.1 Å². The van der Waals surface area contributed by atoms with E-state index in [4.69, 9.17) is 9.92 Å². The van der Waals surface area contributed by atoms with Crippen molar-refractivity contribution < 1.29 is 22.2 Å². The molecule has 0 saturated carbocycles. The molecule has 2 aromatic carbocycles. The number of nitrogens with one attached hydrogen (secondary N) is 1. The Hall–Kier alpha value is -2.87. The Balaban J connectivity index is 2.23. The van der Waals surface area contributed by atoms with E-state index in [1.54, 1.807) is 0 Å². The molecule has 120 valence electrons. The smallest absolute Gasteiger partial charge is 0.339 e. The number of carbonyl (C=O) groups is 2. The molecule has 2 rings (SSSR count). The maximum Gasteiger partial charge on any atom is 0.339 e. The third-order valence-corrected chi connectivity index (χ3v) is 4.05. The summed E-state index contributed by atoms with van der Waals surface area (Å²) < 4.78 is 29.4. The number of primary amides is 1. The van der Waals surface area contributed by atoms with E-state index in [9.17, 15) is 18.0 Å². The zero-order valence-electron chi connectivity index (χ0n) is 12.1. The highest BCUT2D eigenvalue weighted by atomic mass is 32.2. The molecule has 7 nitrogen and oxygen atoms in total. The molecule has 0 spiro atoms. The molecule has 0 bridgehead atoms. The summed E-state index contributed by atoms with van der Waals surface area (Å²) in [6, 6.07) is 11.0. The Morgan fingerprint density at radius 1 is 1.09 bits per heavy atom. The second-order valence-electron chi connectivity index (χ2n) is 4.64. The summed E-state index contributed by atoms with van der Waals surface area (Å²) in [6.45, 7) is 1.35. The van der Waals surface area contributed by atoms with E-state index in [0.717, 1.165) is 0 Å². The fraction of sp³-hybridized carbons (Fsp3) is 0.0667. The molecule has 0 fully saturated rings. The number of rotatable bonds is 5. The second kappa shape index (κ2) is 6.49. The van der Waals surface area contributed by atoms with E-state index in [-0.39, 0.29) is 22.1 Å². The van der Waals surface area contributed by atoms with Gasteiger partial charge >= 0.3 is 10.1 Å². The van der Waals surface area contributed by atoms with Crippen molar-refractivity contribution in [2.45, 2.75) is 11.8 Å². The molecule has 0 heterocycles. The lowest BCUT2D eigenvalue weighted by Crippen LogP contribution is -2.13. The lowest BCUT2D eigenvalue weighted by molar-refractivity contribution is -0.114. The van der Waals surface area contributed by atoms with Crippen LogP contribution in [0.5, 0.6) is 5.75 Å². The molecule has 2 aromatic rings. The topological polar surface area (TPSA) is 116 Å². The number of hydrogen-bond donors (Lipinski definition) is 2. The van der Waals surface area contributed by atoms with Gasteiger partial charge in [-0.1, -0.05) is 6.07 Å². The van der Waals surface area contributed by atoms with Crippen LogP contribution in [-0.2, 0) is 14.9 Å². The van der Waals surface area contributed by atoms with Crippen LogP contribution in [0.4, 0.5) is 5.69 Å². The van der Waals surface area contributed by atoms with Crippen LogP contribution in [0.25, 0.3) is 0 Å². The summed E-state index contributed by atoms with van der Waals surface area (Å²) >= 11 is 0. The Labute approximate surface area is 133 Å². The first kappa shape index (κ1) is 16.5. The van der Waals surface area contributed by atoms with E-state index in [0.29, 0.717) is 5.69 Å². The molecule has 0 radical (unpaired) electrons. The van der Waals surface area contributed by atoms with Gasteiger partial charge in [-0.25, -0.2) is 0 Å². The number of benzene rings is 2. The molecule has 3 N–H and O–H groups in total. The van der Waals surface area contributed by atoms with Crippen molar-refractivity contribution >= 4 is 27.6 Å². The minimum Gasteiger partial charge on any atom is -0.379 e. The van der Waals surface area contributed by atoms with Crippen LogP contribution < -0.4 is 15.2 Å². The van der Waals surface area contributed by atoms with Gasteiger partial charge in [0.2, 0.25) is 11.8 Å². The van der Waals surface area contributed by atoms with Crippen LogP contribution in [0, 0.1) is 0 Å². The number of anilines is 1. The molecule has 8 heteroatoms. The minimum absolute atomic E-state index is 0.0211. The zero-order chi connectivity index (χ0) is 17.0. The largest absolute Gasteiger partial charge is 0.379 e. The average molecular weight is 334 g/mol. The van der Waals surface area contributed by atoms with Crippen molar-refractivity contribution in [1.29, 1.82) is 0 Å². The monoisotopic (exact) mass is 334 g/mol. The highest BCUT2D eigenvalue weighted by Crippen LogP contribution is 2.21. The maximum absolute atomic E-state index is 12.2. The Bertz CT molecular complexity index is 844. The summed E-state index contributed by atoms with van der Waals surface area (Å²) in [5.41, 5.74) is 5.74. The normalized spacial score (nSPS) is 10.8. The van der Waals surface area contributed by atoms with E-state index in [1.165, 1.54) is 55.5 Å². The number of hydrogen-bond acceptors (Lipinski definition) is 5. The minimum atomic E-state index is -4.07. The van der Waals surface area contributed by atoms with Crippen LogP contribution in [0.1, 0.15) is 17.3 Å². The SMILES string of the molecule is CC(=O)Nc1ccc(S(=O)(=O)Oc2cccc(C(N)=O)c2)cc1. The van der Waals surface area contributed by atoms with E-state index in [2.05, 4.69) is 5.32 Å². The molecular formula is C15H14N2O5S. The van der Waals surface area contributed by atoms with Crippen molar-refractivity contribution in [2.24, 2.45) is 5.73 Å². The van der Waals surface area contributed by atoms with Crippen LogP contribution in [0.2, 0.25) is 0 Å². The van der Waals surface area contributed by atoms with Gasteiger partial charge in [0, 0.05) is 18.2 Å². The van der Waals surface area contributed by atoms with Crippen molar-refractivity contribution in [3.63, 3.8) is 0 Å². The highest BCUT2D eigenvalue weighted by molar-refractivity contribution is 7.87. The average Bonchev–Trinajstić information content (AvgIpc) is 2.47. The fourth-order valence-corrected chi connectivity index (χ4v) is 2.71. The molecule has 0 unspecified atom stereocenters. The number of nitrogens with two attached hydrogens (primary N) is 1. The Morgan fingerprint density at radius 3 is 2.30 bits per heavy atom. The van der Waals surface area contributed by atoms with E-state index in [1.807, 2.05) is 0 Å². The Morgan fingerprint density at radius 2 is 1.74 bits per heavy atom. The van der Waals surface area contributed by atoms with Crippen molar-refractivity contribution in [1.82, 2.24) is 0 Å². The van der Waals surface area contributed by atoms with Gasteiger partial charge in [0.25, 0.3) is 0 Å². The van der Waals surface area contributed by atoms with Gasteiger partial charge in [0.1, 0.15) is 10.6 Å². The quantitative estimate of drug-likeness (QED) is 0.804. The molecule has 2 amide bonds. The predicted octanol–water partition coefficient (Wildman–Crippen LogP) is 1.51. The van der Waals surface area contributed by atoms with E-state index >= 15 is 0 Å². The molecular weight excluding hydrogens is 320 g/mol. The maximum atomic E-state index is 12.2. The van der Waals surface area contributed by atoms with Gasteiger partial charge in [-0.3, -0.25) is 9.59 Å². The van der Waals surface area contributed by atoms with Gasteiger partial charge in [0.15, 0.2) is 0 Å². The fourth-order valence-electron chi connectivity index (χ4n) is 1.78. The first-order chi connectivity index (χ1) is 10.8. The third kappa shape index (κ3) is 4.30. The van der Waals surface area contributed by atoms with Crippen LogP contribution in [-0.4, -0.2) is 20.2 Å². The second-order valence-corrected chi connectivity index (χ2v) is 6.18. The zero-order valence-corrected chi connectivity index (χ0v) is 13.0. The van der Waals surface area contributed by atoms with Crippen LogP contribution >= 0.6 is 0 Å². The van der Waals surface area contributed by atoms with Gasteiger partial charge in [0.05, 0.1) is 0 Å². The summed E-state index contributed by atoms with van der Waals surface area (Å²) in [5, 5.41) is 2.53. The third-order valence-electron chi connectivity index (χ3n) is 2.79. The Kier molecular flexibility index (Phi) is 4.65. The highest BCUT2D eigenvalue weighted by Gasteiger charge is 2.17. The van der Waals surface area contributed by atoms with E-state index < -0.39 is 16.0 Å².